The lowest BCUT2D eigenvalue weighted by Gasteiger charge is -2.21. The number of imide groups is 1. The van der Waals surface area contributed by atoms with E-state index < -0.39 is 29.7 Å². The highest BCUT2D eigenvalue weighted by Gasteiger charge is 2.41. The Kier molecular flexibility index (Phi) is 8.56. The summed E-state index contributed by atoms with van der Waals surface area (Å²) in [4.78, 5) is 54.2. The van der Waals surface area contributed by atoms with Crippen LogP contribution in [0.2, 0.25) is 0 Å². The predicted molar refractivity (Wildman–Crippen MR) is 140 cm³/mol. The maximum Gasteiger partial charge on any atom is 0.341 e. The number of rotatable bonds is 5. The van der Waals surface area contributed by atoms with Gasteiger partial charge in [0.2, 0.25) is 5.91 Å². The Morgan fingerprint density at radius 1 is 0.944 bits per heavy atom. The molecular formula is C28H34N2O5S. The number of esters is 1. The number of carbonyl (C=O) groups is 4. The van der Waals surface area contributed by atoms with Crippen LogP contribution in [-0.2, 0) is 22.4 Å². The van der Waals surface area contributed by atoms with Gasteiger partial charge in [-0.1, -0.05) is 50.7 Å². The average Bonchev–Trinajstić information content (AvgIpc) is 3.32. The van der Waals surface area contributed by atoms with Crippen molar-refractivity contribution in [1.29, 1.82) is 0 Å². The van der Waals surface area contributed by atoms with E-state index in [-0.39, 0.29) is 6.61 Å². The van der Waals surface area contributed by atoms with Crippen molar-refractivity contribution in [2.45, 2.75) is 84.1 Å². The van der Waals surface area contributed by atoms with Crippen molar-refractivity contribution in [2.75, 3.05) is 11.9 Å². The Balaban J connectivity index is 1.61. The summed E-state index contributed by atoms with van der Waals surface area (Å²) in [6.07, 6.45) is 10.8. The first-order valence-corrected chi connectivity index (χ1v) is 13.8. The van der Waals surface area contributed by atoms with Gasteiger partial charge < -0.3 is 10.1 Å². The van der Waals surface area contributed by atoms with Crippen LogP contribution in [0.15, 0.2) is 24.3 Å². The zero-order valence-electron chi connectivity index (χ0n) is 21.1. The molecule has 0 fully saturated rings. The van der Waals surface area contributed by atoms with Crippen LogP contribution in [0.5, 0.6) is 0 Å². The average molecular weight is 511 g/mol. The van der Waals surface area contributed by atoms with E-state index in [0.717, 1.165) is 53.9 Å². The summed E-state index contributed by atoms with van der Waals surface area (Å²) in [5.41, 5.74) is 2.00. The molecule has 1 aromatic heterocycles. The van der Waals surface area contributed by atoms with E-state index in [0.29, 0.717) is 21.7 Å². The minimum atomic E-state index is -1.03. The van der Waals surface area contributed by atoms with Crippen LogP contribution in [0.1, 0.15) is 107 Å². The molecule has 8 heteroatoms. The number of hydrogen-bond acceptors (Lipinski definition) is 6. The van der Waals surface area contributed by atoms with Crippen molar-refractivity contribution in [1.82, 2.24) is 4.90 Å². The van der Waals surface area contributed by atoms with Gasteiger partial charge in [0, 0.05) is 4.88 Å². The van der Waals surface area contributed by atoms with Crippen molar-refractivity contribution in [3.63, 3.8) is 0 Å². The Hall–Kier alpha value is -3.00. The molecule has 1 atom stereocenters. The quantitative estimate of drug-likeness (QED) is 0.407. The fraction of sp³-hybridized carbons (Fsp3) is 0.500. The number of anilines is 1. The molecular weight excluding hydrogens is 476 g/mol. The van der Waals surface area contributed by atoms with E-state index in [1.807, 2.05) is 0 Å². The molecule has 4 rings (SSSR count). The van der Waals surface area contributed by atoms with Gasteiger partial charge in [0.15, 0.2) is 0 Å². The highest BCUT2D eigenvalue weighted by Crippen LogP contribution is 2.37. The second-order valence-electron chi connectivity index (χ2n) is 9.45. The molecule has 0 saturated heterocycles. The van der Waals surface area contributed by atoms with Gasteiger partial charge in [-0.05, 0) is 57.2 Å². The number of ether oxygens (including phenoxy) is 1. The lowest BCUT2D eigenvalue weighted by molar-refractivity contribution is -0.119. The number of benzene rings is 1. The van der Waals surface area contributed by atoms with E-state index in [9.17, 15) is 19.2 Å². The standard InChI is InChI=1S/C28H34N2O5S/c1-3-35-28(34)23-21-16-10-8-6-4-5-7-9-11-17-22(21)36-25(23)29-24(31)18(2)30-26(32)19-14-12-13-15-20(19)27(30)33/h12-15,18H,3-11,16-17H2,1-2H3,(H,29,31). The summed E-state index contributed by atoms with van der Waals surface area (Å²) in [5.74, 6) is -1.91. The molecule has 0 bridgehead atoms. The van der Waals surface area contributed by atoms with Crippen LogP contribution in [0.25, 0.3) is 0 Å². The zero-order chi connectivity index (χ0) is 25.7. The van der Waals surface area contributed by atoms with Gasteiger partial charge in [0.1, 0.15) is 11.0 Å². The maximum atomic E-state index is 13.3. The summed E-state index contributed by atoms with van der Waals surface area (Å²) in [6, 6.07) is 5.54. The summed E-state index contributed by atoms with van der Waals surface area (Å²) in [7, 11) is 0. The highest BCUT2D eigenvalue weighted by atomic mass is 32.1. The summed E-state index contributed by atoms with van der Waals surface area (Å²) in [5, 5.41) is 3.33. The second-order valence-corrected chi connectivity index (χ2v) is 10.6. The topological polar surface area (TPSA) is 92.8 Å². The second kappa shape index (κ2) is 11.8. The molecule has 0 radical (unpaired) electrons. The number of thiophene rings is 1. The summed E-state index contributed by atoms with van der Waals surface area (Å²) < 4.78 is 5.38. The lowest BCUT2D eigenvalue weighted by Crippen LogP contribution is -2.45. The molecule has 1 aliphatic carbocycles. The van der Waals surface area contributed by atoms with Gasteiger partial charge >= 0.3 is 5.97 Å². The SMILES string of the molecule is CCOC(=O)c1c(NC(=O)C(C)N2C(=O)c3ccccc3C2=O)sc2c1CCCCCCCCCC2. The van der Waals surface area contributed by atoms with Crippen molar-refractivity contribution < 1.29 is 23.9 Å². The molecule has 1 unspecified atom stereocenters. The number of hydrogen-bond donors (Lipinski definition) is 1. The monoisotopic (exact) mass is 510 g/mol. The van der Waals surface area contributed by atoms with Gasteiger partial charge in [-0.15, -0.1) is 11.3 Å². The van der Waals surface area contributed by atoms with Crippen LogP contribution < -0.4 is 5.32 Å². The van der Waals surface area contributed by atoms with E-state index in [1.54, 1.807) is 31.2 Å². The smallest absolute Gasteiger partial charge is 0.341 e. The molecule has 0 spiro atoms. The van der Waals surface area contributed by atoms with Gasteiger partial charge in [-0.2, -0.15) is 0 Å². The zero-order valence-corrected chi connectivity index (χ0v) is 21.9. The lowest BCUT2D eigenvalue weighted by atomic mass is 9.97. The number of fused-ring (bicyclic) bond motifs is 2. The minimum Gasteiger partial charge on any atom is -0.462 e. The Labute approximate surface area is 216 Å². The Bertz CT molecular complexity index is 1120. The van der Waals surface area contributed by atoms with Crippen molar-refractivity contribution in [2.24, 2.45) is 0 Å². The number of aryl methyl sites for hydroxylation is 1. The molecule has 2 heterocycles. The van der Waals surface area contributed by atoms with Crippen LogP contribution >= 0.6 is 11.3 Å². The Morgan fingerprint density at radius 2 is 1.50 bits per heavy atom. The first-order valence-electron chi connectivity index (χ1n) is 13.0. The number of carbonyl (C=O) groups excluding carboxylic acids is 4. The molecule has 7 nitrogen and oxygen atoms in total. The number of nitrogens with one attached hydrogen (secondary N) is 1. The maximum absolute atomic E-state index is 13.3. The van der Waals surface area contributed by atoms with Crippen molar-refractivity contribution in [3.05, 3.63) is 51.4 Å². The third-order valence-corrected chi connectivity index (χ3v) is 8.19. The highest BCUT2D eigenvalue weighted by molar-refractivity contribution is 7.17. The van der Waals surface area contributed by atoms with Gasteiger partial charge in [-0.25, -0.2) is 4.79 Å². The fourth-order valence-corrected chi connectivity index (χ4v) is 6.31. The molecule has 2 aromatic rings. The minimum absolute atomic E-state index is 0.238. The largest absolute Gasteiger partial charge is 0.462 e. The molecule has 1 N–H and O–H groups in total. The van der Waals surface area contributed by atoms with Gasteiger partial charge in [-0.3, -0.25) is 19.3 Å². The van der Waals surface area contributed by atoms with Crippen molar-refractivity contribution in [3.8, 4) is 0 Å². The van der Waals surface area contributed by atoms with E-state index in [1.165, 1.54) is 43.9 Å². The fourth-order valence-electron chi connectivity index (χ4n) is 5.03. The summed E-state index contributed by atoms with van der Waals surface area (Å²) in [6.45, 7) is 3.54. The van der Waals surface area contributed by atoms with E-state index in [2.05, 4.69) is 5.32 Å². The third kappa shape index (κ3) is 5.38. The molecule has 192 valence electrons. The molecule has 2 aliphatic rings. The number of amides is 3. The van der Waals surface area contributed by atoms with Crippen LogP contribution in [0.3, 0.4) is 0 Å². The van der Waals surface area contributed by atoms with E-state index >= 15 is 0 Å². The van der Waals surface area contributed by atoms with Gasteiger partial charge in [0.25, 0.3) is 11.8 Å². The third-order valence-electron chi connectivity index (χ3n) is 6.98. The van der Waals surface area contributed by atoms with Crippen LogP contribution in [0, 0.1) is 0 Å². The number of nitrogens with zero attached hydrogens (tertiary/aromatic N) is 1. The predicted octanol–water partition coefficient (Wildman–Crippen LogP) is 5.77. The van der Waals surface area contributed by atoms with Crippen LogP contribution in [0.4, 0.5) is 5.00 Å². The van der Waals surface area contributed by atoms with E-state index in [4.69, 9.17) is 4.74 Å². The molecule has 1 aliphatic heterocycles. The molecule has 0 saturated carbocycles. The molecule has 3 amide bonds. The molecule has 1 aromatic carbocycles. The first-order chi connectivity index (χ1) is 17.4. The van der Waals surface area contributed by atoms with Crippen molar-refractivity contribution >= 4 is 40.0 Å². The first kappa shape index (κ1) is 26.1. The van der Waals surface area contributed by atoms with Gasteiger partial charge in [0.05, 0.1) is 23.3 Å². The summed E-state index contributed by atoms with van der Waals surface area (Å²) >= 11 is 1.42. The van der Waals surface area contributed by atoms with Crippen LogP contribution in [-0.4, -0.2) is 41.2 Å². The Morgan fingerprint density at radius 3 is 2.08 bits per heavy atom. The molecule has 36 heavy (non-hydrogen) atoms. The normalized spacial score (nSPS) is 17.4.